The van der Waals surface area contributed by atoms with E-state index in [9.17, 15) is 0 Å². The van der Waals surface area contributed by atoms with Crippen molar-refractivity contribution in [2.45, 2.75) is 26.3 Å². The van der Waals surface area contributed by atoms with Gasteiger partial charge in [0.1, 0.15) is 0 Å². The molecule has 0 saturated carbocycles. The largest absolute Gasteiger partial charge is 0.324 e. The molecule has 0 radical (unpaired) electrons. The van der Waals surface area contributed by atoms with Crippen molar-refractivity contribution in [2.75, 3.05) is 0 Å². The molecular weight excluding hydrogens is 252 g/mol. The highest BCUT2D eigenvalue weighted by Gasteiger charge is 2.12. The summed E-state index contributed by atoms with van der Waals surface area (Å²) in [6.07, 6.45) is 0.755. The fraction of sp³-hybridized carbons (Fsp3) is 0.308. The number of hydrogen-bond acceptors (Lipinski definition) is 3. The molecule has 0 saturated heterocycles. The van der Waals surface area contributed by atoms with E-state index in [4.69, 9.17) is 17.3 Å². The Bertz CT molecular complexity index is 522. The van der Waals surface area contributed by atoms with Crippen LogP contribution in [0.15, 0.2) is 23.6 Å². The fourth-order valence-corrected chi connectivity index (χ4v) is 2.67. The molecule has 1 heterocycles. The first-order chi connectivity index (χ1) is 8.08. The van der Waals surface area contributed by atoms with Crippen LogP contribution >= 0.6 is 22.9 Å². The zero-order valence-electron chi connectivity index (χ0n) is 9.90. The maximum Gasteiger partial charge on any atom is 0.0897 e. The number of rotatable bonds is 3. The molecule has 1 aromatic carbocycles. The van der Waals surface area contributed by atoms with Gasteiger partial charge in [-0.15, -0.1) is 11.3 Å². The summed E-state index contributed by atoms with van der Waals surface area (Å²) in [6, 6.07) is 5.82. The van der Waals surface area contributed by atoms with Gasteiger partial charge in [0.15, 0.2) is 0 Å². The van der Waals surface area contributed by atoms with Crippen molar-refractivity contribution in [3.63, 3.8) is 0 Å². The van der Waals surface area contributed by atoms with Crippen molar-refractivity contribution >= 4 is 22.9 Å². The summed E-state index contributed by atoms with van der Waals surface area (Å²) >= 11 is 7.75. The molecule has 17 heavy (non-hydrogen) atoms. The Morgan fingerprint density at radius 1 is 1.41 bits per heavy atom. The van der Waals surface area contributed by atoms with Crippen molar-refractivity contribution in [3.05, 3.63) is 50.4 Å². The monoisotopic (exact) mass is 266 g/mol. The summed E-state index contributed by atoms with van der Waals surface area (Å²) in [5.74, 6) is 0. The third-order valence-electron chi connectivity index (χ3n) is 2.80. The minimum atomic E-state index is -0.0461. The maximum atomic E-state index is 6.21. The Morgan fingerprint density at radius 2 is 2.18 bits per heavy atom. The Hall–Kier alpha value is -0.900. The molecule has 2 N–H and O–H groups in total. The lowest BCUT2D eigenvalue weighted by Gasteiger charge is -2.14. The van der Waals surface area contributed by atoms with Crippen molar-refractivity contribution in [1.82, 2.24) is 4.98 Å². The second-order valence-electron chi connectivity index (χ2n) is 4.12. The highest BCUT2D eigenvalue weighted by atomic mass is 35.5. The van der Waals surface area contributed by atoms with Crippen LogP contribution in [0.2, 0.25) is 5.02 Å². The second kappa shape index (κ2) is 5.17. The van der Waals surface area contributed by atoms with E-state index in [1.807, 2.05) is 32.0 Å². The topological polar surface area (TPSA) is 38.9 Å². The van der Waals surface area contributed by atoms with Crippen molar-refractivity contribution in [3.8, 4) is 0 Å². The van der Waals surface area contributed by atoms with Crippen LogP contribution in [0.1, 0.15) is 27.9 Å². The molecule has 0 aliphatic rings. The number of aromatic nitrogens is 1. The average Bonchev–Trinajstić information content (AvgIpc) is 2.68. The quantitative estimate of drug-likeness (QED) is 0.921. The van der Waals surface area contributed by atoms with Gasteiger partial charge in [0.25, 0.3) is 0 Å². The predicted octanol–water partition coefficient (Wildman–Crippen LogP) is 3.66. The van der Waals surface area contributed by atoms with Gasteiger partial charge in [-0.1, -0.05) is 23.7 Å². The minimum absolute atomic E-state index is 0.0461. The number of thiazole rings is 1. The van der Waals surface area contributed by atoms with Crippen LogP contribution in [0.3, 0.4) is 0 Å². The molecule has 0 aliphatic carbocycles. The molecule has 1 unspecified atom stereocenters. The van der Waals surface area contributed by atoms with E-state index in [2.05, 4.69) is 10.4 Å². The lowest BCUT2D eigenvalue weighted by atomic mass is 9.98. The lowest BCUT2D eigenvalue weighted by Crippen LogP contribution is -2.15. The third-order valence-corrected chi connectivity index (χ3v) is 4.04. The van der Waals surface area contributed by atoms with E-state index in [1.165, 1.54) is 0 Å². The van der Waals surface area contributed by atoms with E-state index in [0.29, 0.717) is 0 Å². The van der Waals surface area contributed by atoms with Gasteiger partial charge in [-0.2, -0.15) is 0 Å². The predicted molar refractivity (Wildman–Crippen MR) is 73.7 cm³/mol. The first kappa shape index (κ1) is 12.6. The maximum absolute atomic E-state index is 6.21. The van der Waals surface area contributed by atoms with Crippen LogP contribution in [0.25, 0.3) is 0 Å². The van der Waals surface area contributed by atoms with Gasteiger partial charge in [0.2, 0.25) is 0 Å². The summed E-state index contributed by atoms with van der Waals surface area (Å²) < 4.78 is 0. The number of halogens is 1. The van der Waals surface area contributed by atoms with E-state index in [-0.39, 0.29) is 6.04 Å². The number of nitrogens with zero attached hydrogens (tertiary/aromatic N) is 1. The van der Waals surface area contributed by atoms with Gasteiger partial charge >= 0.3 is 0 Å². The minimum Gasteiger partial charge on any atom is -0.324 e. The van der Waals surface area contributed by atoms with Crippen LogP contribution in [-0.4, -0.2) is 4.98 Å². The third kappa shape index (κ3) is 2.86. The number of aryl methyl sites for hydroxylation is 1. The molecule has 0 bridgehead atoms. The van der Waals surface area contributed by atoms with Crippen LogP contribution in [-0.2, 0) is 6.42 Å². The number of benzene rings is 1. The summed E-state index contributed by atoms with van der Waals surface area (Å²) in [7, 11) is 0. The average molecular weight is 267 g/mol. The summed E-state index contributed by atoms with van der Waals surface area (Å²) in [5.41, 5.74) is 9.43. The summed E-state index contributed by atoms with van der Waals surface area (Å²) in [4.78, 5) is 4.43. The summed E-state index contributed by atoms with van der Waals surface area (Å²) in [6.45, 7) is 4.01. The Kier molecular flexibility index (Phi) is 3.82. The molecule has 90 valence electrons. The normalized spacial score (nSPS) is 12.7. The molecule has 1 atom stereocenters. The molecule has 2 rings (SSSR count). The van der Waals surface area contributed by atoms with Crippen molar-refractivity contribution < 1.29 is 0 Å². The molecule has 1 aromatic heterocycles. The number of hydrogen-bond donors (Lipinski definition) is 1. The molecular formula is C13H15ClN2S. The first-order valence-corrected chi connectivity index (χ1v) is 6.75. The molecule has 0 aliphatic heterocycles. The molecule has 0 spiro atoms. The first-order valence-electron chi connectivity index (χ1n) is 5.49. The van der Waals surface area contributed by atoms with Crippen LogP contribution in [0.5, 0.6) is 0 Å². The van der Waals surface area contributed by atoms with Gasteiger partial charge in [-0.3, -0.25) is 0 Å². The zero-order chi connectivity index (χ0) is 12.4. The van der Waals surface area contributed by atoms with Gasteiger partial charge in [-0.05, 0) is 31.0 Å². The molecule has 0 amide bonds. The van der Waals surface area contributed by atoms with Crippen LogP contribution < -0.4 is 5.73 Å². The molecule has 2 nitrogen and oxygen atoms in total. The Labute approximate surface area is 110 Å². The summed E-state index contributed by atoms with van der Waals surface area (Å²) in [5, 5.41) is 3.91. The van der Waals surface area contributed by atoms with E-state index < -0.39 is 0 Å². The lowest BCUT2D eigenvalue weighted by molar-refractivity contribution is 0.704. The Balaban J connectivity index is 2.20. The zero-order valence-corrected chi connectivity index (χ0v) is 11.5. The van der Waals surface area contributed by atoms with E-state index in [1.54, 1.807) is 11.3 Å². The second-order valence-corrected chi connectivity index (χ2v) is 5.59. The van der Waals surface area contributed by atoms with E-state index >= 15 is 0 Å². The highest BCUT2D eigenvalue weighted by molar-refractivity contribution is 7.09. The smallest absolute Gasteiger partial charge is 0.0897 e. The van der Waals surface area contributed by atoms with Crippen molar-refractivity contribution in [1.29, 1.82) is 0 Å². The van der Waals surface area contributed by atoms with E-state index in [0.717, 1.165) is 33.3 Å². The Morgan fingerprint density at radius 3 is 2.82 bits per heavy atom. The van der Waals surface area contributed by atoms with Gasteiger partial charge in [0.05, 0.1) is 10.7 Å². The van der Waals surface area contributed by atoms with Crippen LogP contribution in [0, 0.1) is 13.8 Å². The van der Waals surface area contributed by atoms with Crippen LogP contribution in [0.4, 0.5) is 0 Å². The highest BCUT2D eigenvalue weighted by Crippen LogP contribution is 2.25. The number of nitrogens with two attached hydrogens (primary N) is 1. The van der Waals surface area contributed by atoms with Gasteiger partial charge < -0.3 is 5.73 Å². The standard InChI is InChI=1S/C13H15ClN2S/c1-8-11(4-3-5-12(8)14)13(15)6-10-7-17-9(2)16-10/h3-5,7,13H,6,15H2,1-2H3. The molecule has 2 aromatic rings. The fourth-order valence-electron chi connectivity index (χ4n) is 1.86. The molecule has 0 fully saturated rings. The van der Waals surface area contributed by atoms with Gasteiger partial charge in [-0.25, -0.2) is 4.98 Å². The van der Waals surface area contributed by atoms with Gasteiger partial charge in [0, 0.05) is 22.9 Å². The SMILES string of the molecule is Cc1nc(CC(N)c2cccc(Cl)c2C)cs1. The van der Waals surface area contributed by atoms with Crippen molar-refractivity contribution in [2.24, 2.45) is 5.73 Å². The molecule has 4 heteroatoms.